The Kier molecular flexibility index (Phi) is 14.8. The molecule has 4 fully saturated rings. The summed E-state index contributed by atoms with van der Waals surface area (Å²) in [7, 11) is 0. The second kappa shape index (κ2) is 19.2. The Morgan fingerprint density at radius 2 is 0.843 bits per heavy atom. The zero-order valence-electron chi connectivity index (χ0n) is 31.7. The van der Waals surface area contributed by atoms with Gasteiger partial charge in [-0.2, -0.15) is 0 Å². The first-order chi connectivity index (χ1) is 24.8. The van der Waals surface area contributed by atoms with E-state index in [0.29, 0.717) is 11.1 Å². The van der Waals surface area contributed by atoms with Crippen LogP contribution in [0.3, 0.4) is 0 Å². The van der Waals surface area contributed by atoms with Crippen LogP contribution in [0.1, 0.15) is 155 Å². The molecule has 2 unspecified atom stereocenters. The van der Waals surface area contributed by atoms with Crippen LogP contribution in [-0.2, 0) is 0 Å². The van der Waals surface area contributed by atoms with E-state index in [-0.39, 0.29) is 11.8 Å². The summed E-state index contributed by atoms with van der Waals surface area (Å²) in [6.45, 7) is 4.57. The van der Waals surface area contributed by atoms with Gasteiger partial charge in [-0.3, -0.25) is 0 Å². The van der Waals surface area contributed by atoms with Crippen molar-refractivity contribution in [1.29, 1.82) is 0 Å². The third kappa shape index (κ3) is 10.4. The maximum atomic E-state index is 15.6. The summed E-state index contributed by atoms with van der Waals surface area (Å²) in [4.78, 5) is 0. The highest BCUT2D eigenvalue weighted by molar-refractivity contribution is 8.01. The molecule has 0 radical (unpaired) electrons. The number of allylic oxidation sites excluding steroid dienone is 8. The highest BCUT2D eigenvalue weighted by atomic mass is 32.2. The van der Waals surface area contributed by atoms with E-state index in [9.17, 15) is 8.78 Å². The van der Waals surface area contributed by atoms with Crippen molar-refractivity contribution in [2.24, 2.45) is 47.3 Å². The van der Waals surface area contributed by atoms with E-state index in [0.717, 1.165) is 86.9 Å². The first-order valence-corrected chi connectivity index (χ1v) is 22.3. The Bertz CT molecular complexity index is 1200. The molecule has 0 spiro atoms. The van der Waals surface area contributed by atoms with Gasteiger partial charge in [0.2, 0.25) is 0 Å². The van der Waals surface area contributed by atoms with Gasteiger partial charge in [0, 0.05) is 11.1 Å². The smallest absolute Gasteiger partial charge is 0.163 e. The summed E-state index contributed by atoms with van der Waals surface area (Å²) in [6.07, 6.45) is 37.6. The summed E-state index contributed by atoms with van der Waals surface area (Å²) < 4.78 is 60.5. The molecular weight excluding hydrogens is 661 g/mol. The predicted octanol–water partition coefficient (Wildman–Crippen LogP) is 15.4. The lowest BCUT2D eigenvalue weighted by Gasteiger charge is -2.38. The molecule has 4 saturated carbocycles. The van der Waals surface area contributed by atoms with Crippen LogP contribution in [0, 0.1) is 47.3 Å². The summed E-state index contributed by atoms with van der Waals surface area (Å²) >= 11 is 1.41. The standard InChI is InChI=1S/C46H66F4S/c1-3-5-7-31-9-17-35(18-10-31)37-21-13-33(14-22-37)29-39-43(27-25-41(47)45(39)49)51-44-28-26-42(48)46(50)40(44)30-34-15-23-38(24-16-34)36-19-11-32(12-20-36)8-6-4-2/h25-38,43-44H,3-24H2,1-2H3. The van der Waals surface area contributed by atoms with Gasteiger partial charge in [0.05, 0.1) is 10.5 Å². The van der Waals surface area contributed by atoms with Gasteiger partial charge in [-0.05, 0) is 137 Å². The van der Waals surface area contributed by atoms with Crippen molar-refractivity contribution in [2.45, 2.75) is 166 Å². The monoisotopic (exact) mass is 726 g/mol. The van der Waals surface area contributed by atoms with E-state index in [1.54, 1.807) is 12.2 Å². The van der Waals surface area contributed by atoms with Gasteiger partial charge < -0.3 is 0 Å². The van der Waals surface area contributed by atoms with Crippen molar-refractivity contribution in [1.82, 2.24) is 0 Å². The highest BCUT2D eigenvalue weighted by Gasteiger charge is 2.35. The van der Waals surface area contributed by atoms with E-state index in [1.165, 1.54) is 114 Å². The van der Waals surface area contributed by atoms with Gasteiger partial charge in [0.15, 0.2) is 23.3 Å². The number of hydrogen-bond acceptors (Lipinski definition) is 1. The molecule has 6 aliphatic rings. The lowest BCUT2D eigenvalue weighted by molar-refractivity contribution is 0.151. The van der Waals surface area contributed by atoms with Crippen LogP contribution in [0.25, 0.3) is 0 Å². The van der Waals surface area contributed by atoms with Crippen molar-refractivity contribution in [2.75, 3.05) is 0 Å². The fourth-order valence-electron chi connectivity index (χ4n) is 10.9. The molecule has 0 heterocycles. The molecular formula is C46H66F4S. The third-order valence-electron chi connectivity index (χ3n) is 14.2. The SMILES string of the molecule is CCCCC1CCC(C2CCC(C=C3C(F)=C(F)C=CC3SC3C=CC(F)=C(F)C3=CC3CCC(C4CCC(CCCC)CC4)CC3)CC2)CC1. The van der Waals surface area contributed by atoms with Crippen molar-refractivity contribution in [3.8, 4) is 0 Å². The lowest BCUT2D eigenvalue weighted by atomic mass is 9.68. The number of hydrogen-bond donors (Lipinski definition) is 0. The minimum Gasteiger partial charge on any atom is -0.204 e. The fraction of sp³-hybridized carbons (Fsp3) is 0.739. The first-order valence-electron chi connectivity index (χ1n) is 21.4. The topological polar surface area (TPSA) is 0 Å². The Hall–Kier alpha value is -1.49. The van der Waals surface area contributed by atoms with E-state index >= 15 is 8.78 Å². The molecule has 0 N–H and O–H groups in total. The second-order valence-electron chi connectivity index (χ2n) is 17.5. The van der Waals surface area contributed by atoms with Crippen molar-refractivity contribution < 1.29 is 17.6 Å². The van der Waals surface area contributed by atoms with Crippen molar-refractivity contribution in [3.05, 3.63) is 70.9 Å². The molecule has 2 atom stereocenters. The van der Waals surface area contributed by atoms with Gasteiger partial charge in [-0.15, -0.1) is 11.8 Å². The van der Waals surface area contributed by atoms with E-state index in [4.69, 9.17) is 0 Å². The number of unbranched alkanes of at least 4 members (excludes halogenated alkanes) is 2. The molecule has 0 bridgehead atoms. The van der Waals surface area contributed by atoms with E-state index in [1.807, 2.05) is 12.2 Å². The average Bonchev–Trinajstić information content (AvgIpc) is 3.16. The number of rotatable bonds is 12. The molecule has 0 nitrogen and oxygen atoms in total. The van der Waals surface area contributed by atoms with Crippen LogP contribution in [0.15, 0.2) is 70.9 Å². The van der Waals surface area contributed by atoms with Gasteiger partial charge in [0.25, 0.3) is 0 Å². The molecule has 6 aliphatic carbocycles. The Morgan fingerprint density at radius 3 is 1.18 bits per heavy atom. The Balaban J connectivity index is 1.05. The molecule has 0 aromatic heterocycles. The van der Waals surface area contributed by atoms with E-state index in [2.05, 4.69) is 13.8 Å². The first kappa shape index (κ1) is 39.2. The quantitative estimate of drug-likeness (QED) is 0.180. The molecule has 0 aromatic carbocycles. The normalized spacial score (nSPS) is 38.2. The molecule has 51 heavy (non-hydrogen) atoms. The molecule has 0 aliphatic heterocycles. The maximum absolute atomic E-state index is 15.6. The van der Waals surface area contributed by atoms with Crippen LogP contribution in [0.4, 0.5) is 17.6 Å². The summed E-state index contributed by atoms with van der Waals surface area (Å²) in [6, 6.07) is 0. The Morgan fingerprint density at radius 1 is 0.510 bits per heavy atom. The average molecular weight is 727 g/mol. The van der Waals surface area contributed by atoms with Crippen LogP contribution >= 0.6 is 11.8 Å². The molecule has 284 valence electrons. The second-order valence-corrected chi connectivity index (χ2v) is 18.7. The fourth-order valence-corrected chi connectivity index (χ4v) is 12.2. The molecule has 0 amide bonds. The van der Waals surface area contributed by atoms with E-state index < -0.39 is 33.8 Å². The largest absolute Gasteiger partial charge is 0.204 e. The van der Waals surface area contributed by atoms with Gasteiger partial charge in [-0.25, -0.2) is 17.6 Å². The molecule has 0 saturated heterocycles. The van der Waals surface area contributed by atoms with Crippen LogP contribution in [0.2, 0.25) is 0 Å². The highest BCUT2D eigenvalue weighted by Crippen LogP contribution is 2.47. The van der Waals surface area contributed by atoms with Crippen molar-refractivity contribution in [3.63, 3.8) is 0 Å². The van der Waals surface area contributed by atoms with Crippen molar-refractivity contribution >= 4 is 11.8 Å². The summed E-state index contributed by atoms with van der Waals surface area (Å²) in [5, 5.41) is -0.897. The van der Waals surface area contributed by atoms with Crippen LogP contribution in [-0.4, -0.2) is 10.5 Å². The number of halogens is 4. The van der Waals surface area contributed by atoms with Gasteiger partial charge in [0.1, 0.15) is 0 Å². The van der Waals surface area contributed by atoms with Gasteiger partial charge in [-0.1, -0.05) is 102 Å². The maximum Gasteiger partial charge on any atom is 0.163 e. The lowest BCUT2D eigenvalue weighted by Crippen LogP contribution is -2.26. The van der Waals surface area contributed by atoms with Crippen LogP contribution < -0.4 is 0 Å². The minimum absolute atomic E-state index is 0.220. The molecule has 6 rings (SSSR count). The Labute approximate surface area is 312 Å². The zero-order chi connectivity index (χ0) is 35.7. The number of thioether (sulfide) groups is 1. The summed E-state index contributed by atoms with van der Waals surface area (Å²) in [5.41, 5.74) is 0.765. The van der Waals surface area contributed by atoms with Crippen LogP contribution in [0.5, 0.6) is 0 Å². The van der Waals surface area contributed by atoms with Gasteiger partial charge >= 0.3 is 0 Å². The summed E-state index contributed by atoms with van der Waals surface area (Å²) in [5.74, 6) is 2.20. The predicted molar refractivity (Wildman–Crippen MR) is 209 cm³/mol. The third-order valence-corrected chi connectivity index (χ3v) is 15.6. The molecule has 5 heteroatoms. The molecule has 0 aromatic rings. The minimum atomic E-state index is -0.829. The zero-order valence-corrected chi connectivity index (χ0v) is 32.5.